The maximum Gasteiger partial charge on any atom is 0.264 e. The van der Waals surface area contributed by atoms with Gasteiger partial charge in [0.1, 0.15) is 0 Å². The van der Waals surface area contributed by atoms with Gasteiger partial charge in [0.25, 0.3) is 5.91 Å². The summed E-state index contributed by atoms with van der Waals surface area (Å²) in [5.74, 6) is -1.37. The molecule has 6 rings (SSSR count). The van der Waals surface area contributed by atoms with E-state index in [1.54, 1.807) is 47.2 Å². The zero-order valence-electron chi connectivity index (χ0n) is 26.9. The summed E-state index contributed by atoms with van der Waals surface area (Å²) in [5, 5.41) is 16.5. The van der Waals surface area contributed by atoms with Crippen LogP contribution in [0.5, 0.6) is 0 Å². The van der Waals surface area contributed by atoms with Gasteiger partial charge in [0.15, 0.2) is 5.60 Å². The summed E-state index contributed by atoms with van der Waals surface area (Å²) in [4.78, 5) is 44.8. The smallest absolute Gasteiger partial charge is 0.264 e. The summed E-state index contributed by atoms with van der Waals surface area (Å²) in [6, 6.07) is 12.9. The van der Waals surface area contributed by atoms with Gasteiger partial charge in [0, 0.05) is 42.3 Å². The number of ether oxygens (including phenoxy) is 1. The number of benzene rings is 2. The number of carbonyl (C=O) groups excluding carboxylic acids is 3. The van der Waals surface area contributed by atoms with E-state index in [1.807, 2.05) is 31.2 Å². The predicted octanol–water partition coefficient (Wildman–Crippen LogP) is 4.27. The van der Waals surface area contributed by atoms with E-state index in [2.05, 4.69) is 17.2 Å². The number of halogens is 1. The van der Waals surface area contributed by atoms with Gasteiger partial charge in [-0.2, -0.15) is 0 Å². The second-order valence-electron chi connectivity index (χ2n) is 13.8. The lowest BCUT2D eigenvalue weighted by atomic mass is 9.82. The molecule has 0 aromatic heterocycles. The number of aliphatic hydroxyl groups is 1. The molecule has 11 heteroatoms. The zero-order chi connectivity index (χ0) is 32.8. The fraction of sp³-hybridized carbons (Fsp3) is 0.514. The number of carbonyl (C=O) groups is 3. The second kappa shape index (κ2) is 12.7. The van der Waals surface area contributed by atoms with Crippen LogP contribution in [-0.4, -0.2) is 74.5 Å². The fourth-order valence-electron chi connectivity index (χ4n) is 8.29. The molecule has 4 aliphatic heterocycles. The van der Waals surface area contributed by atoms with Crippen molar-refractivity contribution in [2.75, 3.05) is 36.5 Å². The Morgan fingerprint density at radius 1 is 1.24 bits per heavy atom. The average molecular weight is 649 g/mol. The SMILES string of the molecule is C=CCN1C(=O)[C@@]2(O[C@@H](CC(=O)N3Cc4ccccc4C[C@H]3CO)[C@H]([Si](C)(C)F)[C@H]2C)c2cc(NC(=O)C3CCCNC3)ccc21. The Labute approximate surface area is 271 Å². The van der Waals surface area contributed by atoms with Crippen molar-refractivity contribution in [3.8, 4) is 0 Å². The Balaban J connectivity index is 1.34. The molecule has 4 heterocycles. The Morgan fingerprint density at radius 3 is 2.67 bits per heavy atom. The molecule has 2 saturated heterocycles. The molecule has 2 aromatic carbocycles. The molecule has 6 atom stereocenters. The lowest BCUT2D eigenvalue weighted by Gasteiger charge is -2.37. The molecule has 0 saturated carbocycles. The van der Waals surface area contributed by atoms with Gasteiger partial charge in [-0.1, -0.05) is 37.3 Å². The highest BCUT2D eigenvalue weighted by molar-refractivity contribution is 6.72. The molecule has 1 spiro atoms. The first-order chi connectivity index (χ1) is 22.0. The molecule has 46 heavy (non-hydrogen) atoms. The molecule has 246 valence electrons. The molecule has 1 unspecified atom stereocenters. The Hall–Kier alpha value is -3.38. The molecule has 0 bridgehead atoms. The summed E-state index contributed by atoms with van der Waals surface area (Å²) >= 11 is 0. The number of hydrogen-bond acceptors (Lipinski definition) is 6. The van der Waals surface area contributed by atoms with E-state index in [0.29, 0.717) is 36.4 Å². The normalized spacial score (nSPS) is 29.1. The van der Waals surface area contributed by atoms with Crippen LogP contribution < -0.4 is 15.5 Å². The number of piperidine rings is 1. The van der Waals surface area contributed by atoms with E-state index in [0.717, 1.165) is 30.5 Å². The van der Waals surface area contributed by atoms with Crippen LogP contribution in [0.15, 0.2) is 55.1 Å². The summed E-state index contributed by atoms with van der Waals surface area (Å²) in [7, 11) is -3.51. The third-order valence-electron chi connectivity index (χ3n) is 10.5. The van der Waals surface area contributed by atoms with E-state index in [9.17, 15) is 19.5 Å². The number of anilines is 2. The van der Waals surface area contributed by atoms with Crippen molar-refractivity contribution in [1.29, 1.82) is 0 Å². The summed E-state index contributed by atoms with van der Waals surface area (Å²) in [6.45, 7) is 10.8. The van der Waals surface area contributed by atoms with Crippen LogP contribution in [0.1, 0.15) is 42.9 Å². The van der Waals surface area contributed by atoms with E-state index in [4.69, 9.17) is 4.74 Å². The highest BCUT2D eigenvalue weighted by Gasteiger charge is 2.67. The van der Waals surface area contributed by atoms with Gasteiger partial charge < -0.3 is 34.4 Å². The largest absolute Gasteiger partial charge is 0.394 e. The number of amides is 3. The van der Waals surface area contributed by atoms with Gasteiger partial charge in [-0.05, 0) is 68.2 Å². The van der Waals surface area contributed by atoms with Gasteiger partial charge in [-0.25, -0.2) is 0 Å². The van der Waals surface area contributed by atoms with Crippen molar-refractivity contribution in [3.05, 3.63) is 71.8 Å². The molecule has 4 aliphatic rings. The predicted molar refractivity (Wildman–Crippen MR) is 177 cm³/mol. The standard InChI is InChI=1S/C35H45FN4O5Si/c1-5-15-39-29-13-12-26(38-33(43)24-11-8-14-37-19-24)17-28(29)35(34(39)44)22(2)32(46(3,4)36)30(45-35)18-31(42)40-20-25-10-7-6-9-23(25)16-27(40)21-41/h5-7,9-10,12-13,17,22,24,27,30,32,37,41H,1,8,11,14-16,18-21H2,2-4H3,(H,38,43)/t22-,24?,27+,30+,32-,35+/m1/s1. The number of nitrogens with zero attached hydrogens (tertiary/aromatic N) is 2. The molecule has 9 nitrogen and oxygen atoms in total. The molecule has 3 N–H and O–H groups in total. The summed E-state index contributed by atoms with van der Waals surface area (Å²) in [6.07, 6.45) is 2.94. The lowest BCUT2D eigenvalue weighted by molar-refractivity contribution is -0.150. The van der Waals surface area contributed by atoms with Crippen molar-refractivity contribution in [3.63, 3.8) is 0 Å². The summed E-state index contributed by atoms with van der Waals surface area (Å²) < 4.78 is 23.1. The van der Waals surface area contributed by atoms with E-state index < -0.39 is 37.6 Å². The fourth-order valence-corrected chi connectivity index (χ4v) is 10.8. The van der Waals surface area contributed by atoms with Crippen LogP contribution in [-0.2, 0) is 37.7 Å². The second-order valence-corrected chi connectivity index (χ2v) is 17.6. The van der Waals surface area contributed by atoms with Crippen LogP contribution in [0.3, 0.4) is 0 Å². The first-order valence-electron chi connectivity index (χ1n) is 16.4. The zero-order valence-corrected chi connectivity index (χ0v) is 27.9. The van der Waals surface area contributed by atoms with Gasteiger partial charge in [0.2, 0.25) is 20.2 Å². The van der Waals surface area contributed by atoms with Gasteiger partial charge >= 0.3 is 0 Å². The molecular formula is C35H45FN4O5Si. The first kappa shape index (κ1) is 32.6. The van der Waals surface area contributed by atoms with Crippen molar-refractivity contribution >= 4 is 37.5 Å². The molecule has 3 amide bonds. The van der Waals surface area contributed by atoms with Crippen LogP contribution in [0.25, 0.3) is 0 Å². The Bertz CT molecular complexity index is 1520. The first-order valence-corrected chi connectivity index (χ1v) is 19.4. The van der Waals surface area contributed by atoms with E-state index >= 15 is 4.11 Å². The average Bonchev–Trinajstić information content (AvgIpc) is 3.46. The van der Waals surface area contributed by atoms with E-state index in [-0.39, 0.29) is 43.2 Å². The van der Waals surface area contributed by atoms with Crippen LogP contribution in [0.4, 0.5) is 15.5 Å². The number of aliphatic hydroxyl groups excluding tert-OH is 1. The highest BCUT2D eigenvalue weighted by atomic mass is 28.4. The number of rotatable bonds is 8. The summed E-state index contributed by atoms with van der Waals surface area (Å²) in [5.41, 5.74) is 1.69. The van der Waals surface area contributed by atoms with Gasteiger partial charge in [0.05, 0.1) is 36.8 Å². The molecule has 0 aliphatic carbocycles. The minimum atomic E-state index is -3.51. The minimum absolute atomic E-state index is 0.0888. The number of nitrogens with one attached hydrogen (secondary N) is 2. The Kier molecular flexibility index (Phi) is 8.97. The van der Waals surface area contributed by atoms with Crippen LogP contribution in [0, 0.1) is 11.8 Å². The van der Waals surface area contributed by atoms with Crippen LogP contribution >= 0.6 is 0 Å². The minimum Gasteiger partial charge on any atom is -0.394 e. The molecule has 2 aromatic rings. The third-order valence-corrected chi connectivity index (χ3v) is 12.9. The van der Waals surface area contributed by atoms with Gasteiger partial charge in [-0.15, -0.1) is 6.58 Å². The van der Waals surface area contributed by atoms with Crippen molar-refractivity contribution in [1.82, 2.24) is 10.2 Å². The van der Waals surface area contributed by atoms with Crippen molar-refractivity contribution in [2.45, 2.75) is 75.5 Å². The monoisotopic (exact) mass is 648 g/mol. The van der Waals surface area contributed by atoms with Crippen molar-refractivity contribution < 1.29 is 28.3 Å². The molecular weight excluding hydrogens is 603 g/mol. The third kappa shape index (κ3) is 5.61. The number of fused-ring (bicyclic) bond motifs is 3. The van der Waals surface area contributed by atoms with E-state index in [1.165, 1.54) is 0 Å². The lowest BCUT2D eigenvalue weighted by Crippen LogP contribution is -2.48. The van der Waals surface area contributed by atoms with Crippen molar-refractivity contribution in [2.24, 2.45) is 11.8 Å². The molecule has 2 fully saturated rings. The maximum absolute atomic E-state index is 16.4. The van der Waals surface area contributed by atoms with Gasteiger partial charge in [-0.3, -0.25) is 14.4 Å². The maximum atomic E-state index is 16.4. The highest BCUT2D eigenvalue weighted by Crippen LogP contribution is 2.60. The Morgan fingerprint density at radius 2 is 2.00 bits per heavy atom. The van der Waals surface area contributed by atoms with Crippen LogP contribution in [0.2, 0.25) is 18.6 Å². The number of hydrogen-bond donors (Lipinski definition) is 3. The quantitative estimate of drug-likeness (QED) is 0.224. The topological polar surface area (TPSA) is 111 Å². The molecule has 0 radical (unpaired) electrons.